The van der Waals surface area contributed by atoms with Gasteiger partial charge in [-0.15, -0.1) is 0 Å². The van der Waals surface area contributed by atoms with Gasteiger partial charge in [0.15, 0.2) is 5.75 Å². The average Bonchev–Trinajstić information content (AvgIpc) is 3.11. The number of carbonyl (C=O) groups is 3. The Balaban J connectivity index is 1.15. The van der Waals surface area contributed by atoms with Crippen LogP contribution in [0.1, 0.15) is 36.6 Å². The van der Waals surface area contributed by atoms with E-state index in [1.54, 1.807) is 60.7 Å². The van der Waals surface area contributed by atoms with Crippen molar-refractivity contribution in [2.24, 2.45) is 0 Å². The molecule has 2 N–H and O–H groups in total. The number of benzene rings is 5. The van der Waals surface area contributed by atoms with Gasteiger partial charge in [-0.05, 0) is 83.9 Å². The number of esters is 1. The van der Waals surface area contributed by atoms with E-state index in [4.69, 9.17) is 35.1 Å². The molecule has 49 heavy (non-hydrogen) atoms. The van der Waals surface area contributed by atoms with Gasteiger partial charge in [0.1, 0.15) is 48.9 Å². The molecule has 5 aromatic rings. The summed E-state index contributed by atoms with van der Waals surface area (Å²) < 4.78 is 21.7. The quantitative estimate of drug-likeness (QED) is 0.0302. The molecule has 0 spiro atoms. The maximum Gasteiger partial charge on any atom is 0.344 e. The number of hydrogen-bond donors (Lipinski definition) is 2. The van der Waals surface area contributed by atoms with Crippen LogP contribution >= 0.6 is 0 Å². The van der Waals surface area contributed by atoms with Crippen molar-refractivity contribution in [3.8, 4) is 52.4 Å². The molecule has 0 aliphatic rings. The first-order chi connectivity index (χ1) is 23.8. The minimum atomic E-state index is -1.31. The zero-order chi connectivity index (χ0) is 34.6. The van der Waals surface area contributed by atoms with Gasteiger partial charge < -0.3 is 34.0 Å². The Morgan fingerprint density at radius 1 is 0.592 bits per heavy atom. The van der Waals surface area contributed by atoms with Crippen LogP contribution < -0.4 is 23.8 Å². The van der Waals surface area contributed by atoms with Crippen LogP contribution in [0.3, 0.4) is 0 Å². The van der Waals surface area contributed by atoms with Crippen LogP contribution in [-0.4, -0.2) is 41.3 Å². The topological polar surface area (TPSA) is 147 Å². The minimum absolute atomic E-state index is 0.0507. The van der Waals surface area contributed by atoms with Gasteiger partial charge in [0.05, 0.1) is 16.7 Å². The zero-order valence-corrected chi connectivity index (χ0v) is 25.7. The molecule has 246 valence electrons. The van der Waals surface area contributed by atoms with Gasteiger partial charge in [0, 0.05) is 5.56 Å². The number of aromatic carboxylic acids is 2. The number of terminal acetylenes is 1. The Morgan fingerprint density at radius 3 is 1.80 bits per heavy atom. The highest BCUT2D eigenvalue weighted by Gasteiger charge is 2.20. The van der Waals surface area contributed by atoms with Crippen molar-refractivity contribution in [3.05, 3.63) is 138 Å². The van der Waals surface area contributed by atoms with Gasteiger partial charge in [0.25, 0.3) is 0 Å². The van der Waals surface area contributed by atoms with Gasteiger partial charge in [-0.3, -0.25) is 0 Å². The molecule has 0 unspecified atom stereocenters. The Morgan fingerprint density at radius 2 is 1.16 bits per heavy atom. The molecule has 5 aromatic carbocycles. The van der Waals surface area contributed by atoms with Crippen molar-refractivity contribution in [2.75, 3.05) is 13.2 Å². The van der Waals surface area contributed by atoms with E-state index < -0.39 is 17.9 Å². The molecule has 11 heteroatoms. The molecule has 0 aromatic heterocycles. The third kappa shape index (κ3) is 9.16. The SMILES string of the molecule is C#COc1ccc(C(=O)O)c(C(=O)Oc2ccc(-c3ccc(OOCc4cc(OCCOc5ccccc5)ccc4C(=O)O)cc3)cc2)c1. The molecule has 0 radical (unpaired) electrons. The van der Waals surface area contributed by atoms with Gasteiger partial charge >= 0.3 is 17.9 Å². The number of carboxylic acid groups (broad SMARTS) is 2. The van der Waals surface area contributed by atoms with E-state index in [0.29, 0.717) is 23.7 Å². The molecule has 0 aliphatic heterocycles. The first kappa shape index (κ1) is 33.6. The molecule has 0 heterocycles. The summed E-state index contributed by atoms with van der Waals surface area (Å²) in [5.74, 6) is -1.44. The highest BCUT2D eigenvalue weighted by molar-refractivity contribution is 6.03. The van der Waals surface area contributed by atoms with E-state index in [1.165, 1.54) is 24.3 Å². The Labute approximate surface area is 280 Å². The molecule has 0 bridgehead atoms. The smallest absolute Gasteiger partial charge is 0.344 e. The zero-order valence-electron chi connectivity index (χ0n) is 25.7. The van der Waals surface area contributed by atoms with Crippen LogP contribution in [0.15, 0.2) is 115 Å². The fourth-order valence-electron chi connectivity index (χ4n) is 4.58. The Hall–Kier alpha value is -6.77. The molecule has 0 saturated carbocycles. The third-order valence-corrected chi connectivity index (χ3v) is 6.91. The fraction of sp³-hybridized carbons (Fsp3) is 0.0789. The van der Waals surface area contributed by atoms with Crippen molar-refractivity contribution < 1.29 is 53.3 Å². The van der Waals surface area contributed by atoms with Gasteiger partial charge in [-0.1, -0.05) is 48.9 Å². The normalized spacial score (nSPS) is 10.3. The lowest BCUT2D eigenvalue weighted by Crippen LogP contribution is -2.14. The lowest BCUT2D eigenvalue weighted by Gasteiger charge is -2.12. The van der Waals surface area contributed by atoms with E-state index in [2.05, 4.69) is 0 Å². The van der Waals surface area contributed by atoms with Gasteiger partial charge in [0.2, 0.25) is 0 Å². The molecule has 11 nitrogen and oxygen atoms in total. The molecule has 0 fully saturated rings. The third-order valence-electron chi connectivity index (χ3n) is 6.91. The van der Waals surface area contributed by atoms with E-state index in [9.17, 15) is 24.6 Å². The van der Waals surface area contributed by atoms with Gasteiger partial charge in [-0.25, -0.2) is 14.4 Å². The predicted molar refractivity (Wildman–Crippen MR) is 176 cm³/mol. The Kier molecular flexibility index (Phi) is 11.1. The van der Waals surface area contributed by atoms with Crippen LogP contribution in [0.25, 0.3) is 11.1 Å². The van der Waals surface area contributed by atoms with Gasteiger partial charge in [-0.2, -0.15) is 4.89 Å². The maximum atomic E-state index is 12.8. The minimum Gasteiger partial charge on any atom is -0.490 e. The molecule has 0 atom stereocenters. The number of carboxylic acids is 2. The predicted octanol–water partition coefficient (Wildman–Crippen LogP) is 6.91. The summed E-state index contributed by atoms with van der Waals surface area (Å²) in [6, 6.07) is 31.1. The summed E-state index contributed by atoms with van der Waals surface area (Å²) in [7, 11) is 0. The van der Waals surface area contributed by atoms with Crippen molar-refractivity contribution in [1.29, 1.82) is 0 Å². The second-order valence-electron chi connectivity index (χ2n) is 10.2. The molecule has 0 amide bonds. The second-order valence-corrected chi connectivity index (χ2v) is 10.2. The lowest BCUT2D eigenvalue weighted by molar-refractivity contribution is -0.217. The molecule has 0 saturated heterocycles. The standard InChI is InChI=1S/C38H28O11/c1-2-44-32-17-19-34(37(41)42)35(23-32)38(43)48-29-12-8-25(9-13-29)26-10-14-30(15-11-26)49-47-24-27-22-31(16-18-33(27)36(39)40)46-21-20-45-28-6-4-3-5-7-28/h1,3-19,22-23H,20-21,24H2,(H,39,40)(H,41,42). The summed E-state index contributed by atoms with van der Waals surface area (Å²) in [6.45, 7) is 0.405. The van der Waals surface area contributed by atoms with E-state index >= 15 is 0 Å². The number of para-hydroxylation sites is 1. The maximum absolute atomic E-state index is 12.8. The molecular formula is C38H28O11. The van der Waals surface area contributed by atoms with E-state index in [1.807, 2.05) is 36.4 Å². The van der Waals surface area contributed by atoms with Crippen LogP contribution in [0.4, 0.5) is 0 Å². The van der Waals surface area contributed by atoms with E-state index in [0.717, 1.165) is 16.9 Å². The summed E-state index contributed by atoms with van der Waals surface area (Å²) in [5.41, 5.74) is 1.54. The van der Waals surface area contributed by atoms with Crippen LogP contribution in [0.2, 0.25) is 0 Å². The number of hydrogen-bond acceptors (Lipinski definition) is 9. The van der Waals surface area contributed by atoms with Crippen molar-refractivity contribution in [3.63, 3.8) is 0 Å². The molecule has 5 rings (SSSR count). The van der Waals surface area contributed by atoms with Crippen molar-refractivity contribution in [2.45, 2.75) is 6.61 Å². The first-order valence-corrected chi connectivity index (χ1v) is 14.7. The second kappa shape index (κ2) is 16.2. The Bertz CT molecular complexity index is 1960. The molecular weight excluding hydrogens is 632 g/mol. The highest BCUT2D eigenvalue weighted by atomic mass is 17.2. The fourth-order valence-corrected chi connectivity index (χ4v) is 4.58. The first-order valence-electron chi connectivity index (χ1n) is 14.7. The molecule has 0 aliphatic carbocycles. The summed E-state index contributed by atoms with van der Waals surface area (Å²) in [6.07, 6.45) is 7.09. The van der Waals surface area contributed by atoms with Crippen LogP contribution in [0.5, 0.6) is 28.7 Å². The summed E-state index contributed by atoms with van der Waals surface area (Å²) in [4.78, 5) is 46.9. The largest absolute Gasteiger partial charge is 0.490 e. The van der Waals surface area contributed by atoms with E-state index in [-0.39, 0.29) is 41.4 Å². The highest BCUT2D eigenvalue weighted by Crippen LogP contribution is 2.27. The number of rotatable bonds is 15. The summed E-state index contributed by atoms with van der Waals surface area (Å²) in [5, 5.41) is 19.1. The van der Waals surface area contributed by atoms with Crippen LogP contribution in [0, 0.1) is 12.5 Å². The average molecular weight is 661 g/mol. The van der Waals surface area contributed by atoms with Crippen LogP contribution in [-0.2, 0) is 11.5 Å². The van der Waals surface area contributed by atoms with Crippen molar-refractivity contribution in [1.82, 2.24) is 0 Å². The summed E-state index contributed by atoms with van der Waals surface area (Å²) >= 11 is 0. The lowest BCUT2D eigenvalue weighted by atomic mass is 10.1. The number of carbonyl (C=O) groups excluding carboxylic acids is 1. The monoisotopic (exact) mass is 660 g/mol. The van der Waals surface area contributed by atoms with Crippen molar-refractivity contribution >= 4 is 17.9 Å². The number of ether oxygens (including phenoxy) is 4.